The first kappa shape index (κ1) is 22.6. The summed E-state index contributed by atoms with van der Waals surface area (Å²) < 4.78 is 28.0. The van der Waals surface area contributed by atoms with Crippen molar-refractivity contribution >= 4 is 38.5 Å². The third kappa shape index (κ3) is 4.74. The van der Waals surface area contributed by atoms with Gasteiger partial charge in [0.2, 0.25) is 0 Å². The zero-order chi connectivity index (χ0) is 24.1. The Balaban J connectivity index is 1.66. The molecule has 4 rings (SSSR count). The number of rotatable bonds is 6. The van der Waals surface area contributed by atoms with E-state index in [-0.39, 0.29) is 4.90 Å². The number of nitrogens with two attached hydrogens (primary N) is 1. The van der Waals surface area contributed by atoms with Crippen LogP contribution in [0.25, 0.3) is 27.7 Å². The number of pyridine rings is 1. The topological polar surface area (TPSA) is 147 Å². The number of aromatic nitrogens is 3. The van der Waals surface area contributed by atoms with Crippen LogP contribution in [0.4, 0.5) is 5.69 Å². The lowest BCUT2D eigenvalue weighted by molar-refractivity contribution is 0.601. The number of aliphatic imine (C=N–C) groups is 1. The maximum absolute atomic E-state index is 12.7. The standard InChI is InChI=1S/C24H19N7O2S/c1-27-12-19(11-26)24-15-29-22-7-4-17(9-23(22)30-24)18-8-20(14-28-13-18)31-34(32,33)21-5-2-16(10-25)3-6-21/h2-9,11-15,31H,26H2,1H3/b19-11+,27-12?. The van der Waals surface area contributed by atoms with Gasteiger partial charge in [-0.05, 0) is 48.0 Å². The van der Waals surface area contributed by atoms with Gasteiger partial charge in [-0.1, -0.05) is 6.07 Å². The van der Waals surface area contributed by atoms with Crippen molar-refractivity contribution in [2.75, 3.05) is 11.8 Å². The van der Waals surface area contributed by atoms with E-state index < -0.39 is 10.0 Å². The van der Waals surface area contributed by atoms with Gasteiger partial charge in [-0.2, -0.15) is 5.26 Å². The van der Waals surface area contributed by atoms with Gasteiger partial charge in [0.1, 0.15) is 0 Å². The van der Waals surface area contributed by atoms with Gasteiger partial charge in [-0.25, -0.2) is 13.4 Å². The fourth-order valence-corrected chi connectivity index (χ4v) is 4.27. The first-order valence-electron chi connectivity index (χ1n) is 10.0. The molecule has 0 saturated carbocycles. The fourth-order valence-electron chi connectivity index (χ4n) is 3.24. The number of benzene rings is 2. The second kappa shape index (κ2) is 9.48. The van der Waals surface area contributed by atoms with Crippen molar-refractivity contribution in [1.29, 1.82) is 5.26 Å². The molecular formula is C24H19N7O2S. The molecule has 168 valence electrons. The minimum atomic E-state index is -3.85. The minimum absolute atomic E-state index is 0.0461. The number of hydrogen-bond acceptors (Lipinski definition) is 8. The van der Waals surface area contributed by atoms with Crippen LogP contribution in [-0.4, -0.2) is 36.6 Å². The molecule has 0 saturated heterocycles. The van der Waals surface area contributed by atoms with Gasteiger partial charge in [0.05, 0.1) is 51.3 Å². The van der Waals surface area contributed by atoms with E-state index in [2.05, 4.69) is 24.7 Å². The van der Waals surface area contributed by atoms with Crippen molar-refractivity contribution in [3.8, 4) is 17.2 Å². The van der Waals surface area contributed by atoms with Crippen molar-refractivity contribution in [3.63, 3.8) is 0 Å². The van der Waals surface area contributed by atoms with Crippen molar-refractivity contribution in [2.45, 2.75) is 4.90 Å². The lowest BCUT2D eigenvalue weighted by Crippen LogP contribution is -2.13. The molecule has 0 amide bonds. The molecular weight excluding hydrogens is 450 g/mol. The summed E-state index contributed by atoms with van der Waals surface area (Å²) in [7, 11) is -2.20. The Kier molecular flexibility index (Phi) is 6.29. The van der Waals surface area contributed by atoms with E-state index in [9.17, 15) is 8.42 Å². The smallest absolute Gasteiger partial charge is 0.261 e. The van der Waals surface area contributed by atoms with E-state index in [0.29, 0.717) is 39.1 Å². The number of nitrogens with one attached hydrogen (secondary N) is 1. The monoisotopic (exact) mass is 469 g/mol. The number of fused-ring (bicyclic) bond motifs is 1. The maximum atomic E-state index is 12.7. The van der Waals surface area contributed by atoms with Crippen LogP contribution in [0.3, 0.4) is 0 Å². The summed E-state index contributed by atoms with van der Waals surface area (Å²) in [5, 5.41) is 8.90. The van der Waals surface area contributed by atoms with E-state index in [1.807, 2.05) is 24.3 Å². The fraction of sp³-hybridized carbons (Fsp3) is 0.0417. The van der Waals surface area contributed by atoms with Crippen molar-refractivity contribution in [1.82, 2.24) is 15.0 Å². The predicted molar refractivity (Wildman–Crippen MR) is 131 cm³/mol. The molecule has 2 heterocycles. The highest BCUT2D eigenvalue weighted by Gasteiger charge is 2.15. The average molecular weight is 470 g/mol. The van der Waals surface area contributed by atoms with E-state index >= 15 is 0 Å². The van der Waals surface area contributed by atoms with Crippen LogP contribution in [0.2, 0.25) is 0 Å². The Labute approximate surface area is 196 Å². The number of anilines is 1. The molecule has 0 aliphatic heterocycles. The number of nitrogens with zero attached hydrogens (tertiary/aromatic N) is 5. The molecule has 3 N–H and O–H groups in total. The summed E-state index contributed by atoms with van der Waals surface area (Å²) in [5.74, 6) is 0. The molecule has 2 aromatic carbocycles. The average Bonchev–Trinajstić information content (AvgIpc) is 2.86. The van der Waals surface area contributed by atoms with Crippen LogP contribution >= 0.6 is 0 Å². The number of hydrogen-bond donors (Lipinski definition) is 2. The normalized spacial score (nSPS) is 12.1. The molecule has 0 unspecified atom stereocenters. The predicted octanol–water partition coefficient (Wildman–Crippen LogP) is 3.36. The van der Waals surface area contributed by atoms with Gasteiger partial charge in [-0.15, -0.1) is 0 Å². The van der Waals surface area contributed by atoms with Crippen LogP contribution < -0.4 is 10.5 Å². The Hall–Kier alpha value is -4.62. The molecule has 0 fully saturated rings. The molecule has 0 atom stereocenters. The highest BCUT2D eigenvalue weighted by Crippen LogP contribution is 2.26. The van der Waals surface area contributed by atoms with Gasteiger partial charge in [0.15, 0.2) is 0 Å². The van der Waals surface area contributed by atoms with Gasteiger partial charge in [0, 0.05) is 36.8 Å². The van der Waals surface area contributed by atoms with Crippen LogP contribution in [0, 0.1) is 11.3 Å². The summed E-state index contributed by atoms with van der Waals surface area (Å²) in [6.45, 7) is 0. The summed E-state index contributed by atoms with van der Waals surface area (Å²) in [4.78, 5) is 17.3. The van der Waals surface area contributed by atoms with Gasteiger partial charge in [0.25, 0.3) is 10.0 Å². The molecule has 0 radical (unpaired) electrons. The molecule has 0 aliphatic rings. The van der Waals surface area contributed by atoms with Crippen LogP contribution in [0.1, 0.15) is 11.3 Å². The Morgan fingerprint density at radius 2 is 1.85 bits per heavy atom. The molecule has 0 aliphatic carbocycles. The van der Waals surface area contributed by atoms with E-state index in [4.69, 9.17) is 11.0 Å². The second-order valence-corrected chi connectivity index (χ2v) is 8.85. The molecule has 2 aromatic heterocycles. The Morgan fingerprint density at radius 1 is 1.06 bits per heavy atom. The highest BCUT2D eigenvalue weighted by molar-refractivity contribution is 7.92. The van der Waals surface area contributed by atoms with Crippen LogP contribution in [0.15, 0.2) is 83.2 Å². The summed E-state index contributed by atoms with van der Waals surface area (Å²) >= 11 is 0. The number of allylic oxidation sites excluding steroid dienone is 1. The Bertz CT molecular complexity index is 1570. The lowest BCUT2D eigenvalue weighted by Gasteiger charge is -2.10. The van der Waals surface area contributed by atoms with Crippen LogP contribution in [0.5, 0.6) is 0 Å². The first-order valence-corrected chi connectivity index (χ1v) is 11.5. The first-order chi connectivity index (χ1) is 16.4. The van der Waals surface area contributed by atoms with Gasteiger partial charge < -0.3 is 5.73 Å². The van der Waals surface area contributed by atoms with Crippen molar-refractivity contribution in [3.05, 3.63) is 84.6 Å². The SMILES string of the molecule is CN=C/C(=C\N)c1cnc2ccc(-c3cncc(NS(=O)(=O)c4ccc(C#N)cc4)c3)cc2n1. The van der Waals surface area contributed by atoms with E-state index in [1.54, 1.807) is 31.7 Å². The van der Waals surface area contributed by atoms with Gasteiger partial charge in [-0.3, -0.25) is 19.7 Å². The third-order valence-electron chi connectivity index (χ3n) is 4.90. The quantitative estimate of drug-likeness (QED) is 0.411. The van der Waals surface area contributed by atoms with E-state index in [0.717, 1.165) is 5.56 Å². The molecule has 0 bridgehead atoms. The number of sulfonamides is 1. The van der Waals surface area contributed by atoms with Crippen LogP contribution in [-0.2, 0) is 10.0 Å². The molecule has 10 heteroatoms. The third-order valence-corrected chi connectivity index (χ3v) is 6.30. The minimum Gasteiger partial charge on any atom is -0.404 e. The molecule has 0 spiro atoms. The maximum Gasteiger partial charge on any atom is 0.261 e. The van der Waals surface area contributed by atoms with E-state index in [1.165, 1.54) is 36.7 Å². The highest BCUT2D eigenvalue weighted by atomic mass is 32.2. The summed E-state index contributed by atoms with van der Waals surface area (Å²) in [6.07, 6.45) is 7.70. The summed E-state index contributed by atoms with van der Waals surface area (Å²) in [5.41, 5.74) is 10.4. The second-order valence-electron chi connectivity index (χ2n) is 7.17. The Morgan fingerprint density at radius 3 is 2.56 bits per heavy atom. The van der Waals surface area contributed by atoms with Crippen molar-refractivity contribution < 1.29 is 8.42 Å². The molecule has 4 aromatic rings. The largest absolute Gasteiger partial charge is 0.404 e. The molecule has 9 nitrogen and oxygen atoms in total. The van der Waals surface area contributed by atoms with Gasteiger partial charge >= 0.3 is 0 Å². The molecule has 34 heavy (non-hydrogen) atoms. The number of nitriles is 1. The zero-order valence-corrected chi connectivity index (χ0v) is 18.9. The zero-order valence-electron chi connectivity index (χ0n) is 18.0. The summed E-state index contributed by atoms with van der Waals surface area (Å²) in [6, 6.07) is 14.8. The lowest BCUT2D eigenvalue weighted by atomic mass is 10.1. The van der Waals surface area contributed by atoms with Crippen molar-refractivity contribution in [2.24, 2.45) is 10.7 Å².